The van der Waals surface area contributed by atoms with E-state index in [-0.39, 0.29) is 17.9 Å². The first kappa shape index (κ1) is 24.2. The summed E-state index contributed by atoms with van der Waals surface area (Å²) < 4.78 is 5.95. The number of piperidine rings is 1. The molecule has 35 heavy (non-hydrogen) atoms. The van der Waals surface area contributed by atoms with E-state index in [1.165, 1.54) is 0 Å². The van der Waals surface area contributed by atoms with Crippen LogP contribution in [0.2, 0.25) is 10.0 Å². The highest BCUT2D eigenvalue weighted by Gasteiger charge is 2.43. The third-order valence-corrected chi connectivity index (χ3v) is 7.61. The van der Waals surface area contributed by atoms with Gasteiger partial charge >= 0.3 is 0 Å². The van der Waals surface area contributed by atoms with Crippen LogP contribution in [0.3, 0.4) is 0 Å². The molecule has 0 radical (unpaired) electrons. The van der Waals surface area contributed by atoms with Crippen LogP contribution in [-0.2, 0) is 4.79 Å². The van der Waals surface area contributed by atoms with Gasteiger partial charge in [0.1, 0.15) is 11.6 Å². The van der Waals surface area contributed by atoms with Gasteiger partial charge in [0.15, 0.2) is 5.60 Å². The number of halogens is 2. The summed E-state index contributed by atoms with van der Waals surface area (Å²) in [5, 5.41) is 7.10. The van der Waals surface area contributed by atoms with Crippen LogP contribution in [-0.4, -0.2) is 46.6 Å². The number of rotatable bonds is 7. The standard InChI is InChI=1S/C26H30Cl2N4O3/c1-26(2,35-22-11-16(27)4-9-21(22)28)25(34)31-18-12-19-7-8-20(13-18)32(19)23-10-3-15(14-29-23)24(33)30-17-5-6-17/h3-4,9-11,14,17-20H,5-8,12-13H2,1-2H3,(H,30,33)(H,31,34)/t18?,19-,20+. The number of hydrogen-bond acceptors (Lipinski definition) is 5. The zero-order valence-electron chi connectivity index (χ0n) is 19.9. The number of benzene rings is 1. The van der Waals surface area contributed by atoms with Crippen LogP contribution in [0.4, 0.5) is 5.82 Å². The molecular formula is C26H30Cl2N4O3. The third-order valence-electron chi connectivity index (χ3n) is 7.06. The number of nitrogens with one attached hydrogen (secondary N) is 2. The fourth-order valence-corrected chi connectivity index (χ4v) is 5.39. The first-order valence-electron chi connectivity index (χ1n) is 12.2. The second-order valence-electron chi connectivity index (χ2n) is 10.3. The second-order valence-corrected chi connectivity index (χ2v) is 11.1. The van der Waals surface area contributed by atoms with Crippen molar-refractivity contribution in [1.29, 1.82) is 0 Å². The van der Waals surface area contributed by atoms with E-state index >= 15 is 0 Å². The molecule has 2 amide bonds. The number of ether oxygens (including phenoxy) is 1. The van der Waals surface area contributed by atoms with Crippen molar-refractivity contribution in [2.24, 2.45) is 0 Å². The fraction of sp³-hybridized carbons (Fsp3) is 0.500. The maximum atomic E-state index is 13.1. The predicted octanol–water partition coefficient (Wildman–Crippen LogP) is 4.75. The third kappa shape index (κ3) is 5.36. The molecule has 2 aromatic rings. The molecule has 0 spiro atoms. The number of nitrogens with zero attached hydrogens (tertiary/aromatic N) is 2. The number of amides is 2. The molecule has 3 heterocycles. The van der Waals surface area contributed by atoms with Gasteiger partial charge in [-0.3, -0.25) is 9.59 Å². The van der Waals surface area contributed by atoms with Crippen LogP contribution in [0.15, 0.2) is 36.5 Å². The summed E-state index contributed by atoms with van der Waals surface area (Å²) in [4.78, 5) is 32.4. The Bertz CT molecular complexity index is 1110. The summed E-state index contributed by atoms with van der Waals surface area (Å²) in [7, 11) is 0. The van der Waals surface area contributed by atoms with Gasteiger partial charge in [-0.1, -0.05) is 23.2 Å². The van der Waals surface area contributed by atoms with Crippen LogP contribution in [0.1, 0.15) is 62.7 Å². The maximum absolute atomic E-state index is 13.1. The number of anilines is 1. The van der Waals surface area contributed by atoms with Gasteiger partial charge in [-0.15, -0.1) is 0 Å². The smallest absolute Gasteiger partial charge is 0.263 e. The van der Waals surface area contributed by atoms with Gasteiger partial charge in [0.2, 0.25) is 0 Å². The van der Waals surface area contributed by atoms with E-state index in [1.807, 2.05) is 12.1 Å². The number of fused-ring (bicyclic) bond motifs is 2. The largest absolute Gasteiger partial charge is 0.476 e. The molecule has 1 aromatic heterocycles. The quantitative estimate of drug-likeness (QED) is 0.554. The van der Waals surface area contributed by atoms with E-state index in [9.17, 15) is 9.59 Å². The van der Waals surface area contributed by atoms with Crippen molar-refractivity contribution in [2.45, 2.75) is 82.1 Å². The van der Waals surface area contributed by atoms with Crippen molar-refractivity contribution >= 4 is 40.8 Å². The topological polar surface area (TPSA) is 83.6 Å². The molecule has 2 aliphatic heterocycles. The van der Waals surface area contributed by atoms with Crippen LogP contribution >= 0.6 is 23.2 Å². The van der Waals surface area contributed by atoms with Crippen LogP contribution in [0.5, 0.6) is 5.75 Å². The summed E-state index contributed by atoms with van der Waals surface area (Å²) in [5.74, 6) is 1.04. The molecule has 1 unspecified atom stereocenters. The Kier molecular flexibility index (Phi) is 6.57. The number of carbonyl (C=O) groups excluding carboxylic acids is 2. The summed E-state index contributed by atoms with van der Waals surface area (Å²) in [6.45, 7) is 3.46. The Hall–Kier alpha value is -2.51. The van der Waals surface area contributed by atoms with Crippen molar-refractivity contribution < 1.29 is 14.3 Å². The van der Waals surface area contributed by atoms with Crippen molar-refractivity contribution in [1.82, 2.24) is 15.6 Å². The van der Waals surface area contributed by atoms with Crippen molar-refractivity contribution in [3.63, 3.8) is 0 Å². The fourth-order valence-electron chi connectivity index (χ4n) is 5.07. The molecule has 2 N–H and O–H groups in total. The molecule has 2 saturated heterocycles. The summed E-state index contributed by atoms with van der Waals surface area (Å²) in [6, 6.07) is 9.72. The maximum Gasteiger partial charge on any atom is 0.263 e. The van der Waals surface area contributed by atoms with Crippen molar-refractivity contribution in [3.05, 3.63) is 52.1 Å². The van der Waals surface area contributed by atoms with E-state index in [0.29, 0.717) is 39.5 Å². The highest BCUT2D eigenvalue weighted by molar-refractivity contribution is 6.34. The van der Waals surface area contributed by atoms with Gasteiger partial charge in [0, 0.05) is 41.5 Å². The predicted molar refractivity (Wildman–Crippen MR) is 136 cm³/mol. The minimum atomic E-state index is -1.11. The van der Waals surface area contributed by atoms with Gasteiger partial charge in [0.05, 0.1) is 10.6 Å². The molecule has 186 valence electrons. The molecule has 7 nitrogen and oxygen atoms in total. The molecule has 2 bridgehead atoms. The van der Waals surface area contributed by atoms with Gasteiger partial charge < -0.3 is 20.3 Å². The van der Waals surface area contributed by atoms with Crippen molar-refractivity contribution in [3.8, 4) is 5.75 Å². The van der Waals surface area contributed by atoms with E-state index in [1.54, 1.807) is 38.2 Å². The van der Waals surface area contributed by atoms with Crippen molar-refractivity contribution in [2.75, 3.05) is 4.90 Å². The second kappa shape index (κ2) is 9.51. The summed E-state index contributed by atoms with van der Waals surface area (Å²) in [6.07, 6.45) is 7.57. The zero-order valence-corrected chi connectivity index (χ0v) is 21.4. The SMILES string of the molecule is CC(C)(Oc1cc(Cl)ccc1Cl)C(=O)NC1C[C@H]2CC[C@@H](C1)N2c1ccc(C(=O)NC2CC2)cn1. The number of carbonyl (C=O) groups is 2. The first-order valence-corrected chi connectivity index (χ1v) is 13.0. The molecule has 1 aliphatic carbocycles. The molecule has 5 rings (SSSR count). The van der Waals surface area contributed by atoms with Crippen LogP contribution < -0.4 is 20.3 Å². The van der Waals surface area contributed by atoms with Gasteiger partial charge in [0.25, 0.3) is 11.8 Å². The lowest BCUT2D eigenvalue weighted by Crippen LogP contribution is -2.55. The molecule has 1 aromatic carbocycles. The molecule has 3 atom stereocenters. The van der Waals surface area contributed by atoms with Gasteiger partial charge in [-0.25, -0.2) is 4.98 Å². The lowest BCUT2D eigenvalue weighted by Gasteiger charge is -2.40. The minimum Gasteiger partial charge on any atom is -0.476 e. The molecule has 9 heteroatoms. The number of pyridine rings is 1. The average molecular weight is 517 g/mol. The number of hydrogen-bond donors (Lipinski definition) is 2. The Morgan fingerprint density at radius 3 is 2.34 bits per heavy atom. The summed E-state index contributed by atoms with van der Waals surface area (Å²) >= 11 is 12.3. The average Bonchev–Trinajstić information content (AvgIpc) is 3.59. The van der Waals surface area contributed by atoms with E-state index in [4.69, 9.17) is 27.9 Å². The molecule has 1 saturated carbocycles. The van der Waals surface area contributed by atoms with E-state index in [2.05, 4.69) is 20.5 Å². The normalized spacial score (nSPS) is 23.7. The minimum absolute atomic E-state index is 0.0533. The Morgan fingerprint density at radius 2 is 1.71 bits per heavy atom. The molecular weight excluding hydrogens is 487 g/mol. The Morgan fingerprint density at radius 1 is 1.00 bits per heavy atom. The number of aromatic nitrogens is 1. The Balaban J connectivity index is 1.20. The van der Waals surface area contributed by atoms with E-state index in [0.717, 1.165) is 44.3 Å². The van der Waals surface area contributed by atoms with Crippen LogP contribution in [0, 0.1) is 0 Å². The lowest BCUT2D eigenvalue weighted by atomic mass is 9.96. The van der Waals surface area contributed by atoms with Crippen LogP contribution in [0.25, 0.3) is 0 Å². The molecule has 3 fully saturated rings. The summed E-state index contributed by atoms with van der Waals surface area (Å²) in [5.41, 5.74) is -0.514. The van der Waals surface area contributed by atoms with Gasteiger partial charge in [-0.2, -0.15) is 0 Å². The lowest BCUT2D eigenvalue weighted by molar-refractivity contribution is -0.135. The zero-order chi connectivity index (χ0) is 24.7. The molecule has 3 aliphatic rings. The van der Waals surface area contributed by atoms with Gasteiger partial charge in [-0.05, 0) is 76.6 Å². The Labute approximate surface area is 215 Å². The highest BCUT2D eigenvalue weighted by atomic mass is 35.5. The highest BCUT2D eigenvalue weighted by Crippen LogP contribution is 2.39. The first-order chi connectivity index (χ1) is 16.7. The monoisotopic (exact) mass is 516 g/mol. The van der Waals surface area contributed by atoms with E-state index < -0.39 is 5.60 Å².